The molecule has 0 saturated heterocycles. The summed E-state index contributed by atoms with van der Waals surface area (Å²) < 4.78 is 36.5. The molecule has 10 heteroatoms. The number of hydrogen-bond donors (Lipinski definition) is 2. The third kappa shape index (κ3) is 4.78. The smallest absolute Gasteiger partial charge is 0.391 e. The van der Waals surface area contributed by atoms with Crippen molar-refractivity contribution in [2.75, 3.05) is 5.73 Å². The maximum atomic E-state index is 12.2. The molecule has 0 bridgehead atoms. The Kier molecular flexibility index (Phi) is 5.00. The van der Waals surface area contributed by atoms with Crippen molar-refractivity contribution < 1.29 is 22.9 Å². The molecule has 1 rings (SSSR count). The van der Waals surface area contributed by atoms with Gasteiger partial charge in [-0.05, 0) is 13.0 Å². The van der Waals surface area contributed by atoms with E-state index in [0.717, 1.165) is 12.1 Å². The second-order valence-corrected chi connectivity index (χ2v) is 4.75. The largest absolute Gasteiger partial charge is 0.392 e. The van der Waals surface area contributed by atoms with Crippen LogP contribution in [0, 0.1) is 10.1 Å². The average molecular weight is 326 g/mol. The summed E-state index contributed by atoms with van der Waals surface area (Å²) in [6.45, 7) is 1.17. The van der Waals surface area contributed by atoms with E-state index in [0.29, 0.717) is 0 Å². The number of nitrogens with zero attached hydrogens (tertiary/aromatic N) is 1. The van der Waals surface area contributed by atoms with Crippen LogP contribution in [0.1, 0.15) is 23.7 Å². The van der Waals surface area contributed by atoms with E-state index in [4.69, 9.17) is 17.3 Å². The molecule has 1 atom stereocenters. The number of nitrogen functional groups attached to an aromatic ring is 1. The summed E-state index contributed by atoms with van der Waals surface area (Å²) >= 11 is 5.66. The van der Waals surface area contributed by atoms with Crippen molar-refractivity contribution in [1.82, 2.24) is 5.32 Å². The van der Waals surface area contributed by atoms with E-state index in [-0.39, 0.29) is 16.3 Å². The molecule has 3 N–H and O–H groups in total. The van der Waals surface area contributed by atoms with E-state index in [1.54, 1.807) is 0 Å². The fourth-order valence-electron chi connectivity index (χ4n) is 1.59. The number of nitro groups is 1. The van der Waals surface area contributed by atoms with Crippen LogP contribution in [0.4, 0.5) is 24.5 Å². The maximum absolute atomic E-state index is 12.2. The zero-order chi connectivity index (χ0) is 16.4. The molecule has 1 aromatic rings. The molecule has 116 valence electrons. The third-order valence-corrected chi connectivity index (χ3v) is 2.79. The zero-order valence-electron chi connectivity index (χ0n) is 10.7. The van der Waals surface area contributed by atoms with Gasteiger partial charge in [-0.15, -0.1) is 0 Å². The standard InChI is InChI=1S/C11H11ClF3N3O3/c1-5(4-11(13,14)15)17-10(19)6-2-7(12)9(16)8(3-6)18(20)21/h2-3,5H,4,16H2,1H3,(H,17,19). The molecule has 0 aliphatic rings. The Morgan fingerprint density at radius 2 is 2.10 bits per heavy atom. The fraction of sp³-hybridized carbons (Fsp3) is 0.364. The van der Waals surface area contributed by atoms with Crippen LogP contribution in [0.25, 0.3) is 0 Å². The lowest BCUT2D eigenvalue weighted by molar-refractivity contribution is -0.383. The molecule has 0 aromatic heterocycles. The van der Waals surface area contributed by atoms with Crippen LogP contribution < -0.4 is 11.1 Å². The van der Waals surface area contributed by atoms with Gasteiger partial charge < -0.3 is 11.1 Å². The van der Waals surface area contributed by atoms with Crippen LogP contribution in [0.3, 0.4) is 0 Å². The van der Waals surface area contributed by atoms with Gasteiger partial charge in [0.25, 0.3) is 11.6 Å². The number of nitrogens with one attached hydrogen (secondary N) is 1. The molecule has 21 heavy (non-hydrogen) atoms. The van der Waals surface area contributed by atoms with Gasteiger partial charge in [0.15, 0.2) is 0 Å². The number of nitrogens with two attached hydrogens (primary N) is 1. The summed E-state index contributed by atoms with van der Waals surface area (Å²) in [5, 5.41) is 12.6. The highest BCUT2D eigenvalue weighted by atomic mass is 35.5. The Hall–Kier alpha value is -2.03. The highest BCUT2D eigenvalue weighted by Crippen LogP contribution is 2.31. The summed E-state index contributed by atoms with van der Waals surface area (Å²) in [5.74, 6) is -0.906. The SMILES string of the molecule is CC(CC(F)(F)F)NC(=O)c1cc(Cl)c(N)c([N+](=O)[O-])c1. The van der Waals surface area contributed by atoms with Gasteiger partial charge in [0.2, 0.25) is 0 Å². The van der Waals surface area contributed by atoms with Crippen molar-refractivity contribution in [2.45, 2.75) is 25.6 Å². The first-order valence-corrected chi connectivity index (χ1v) is 6.00. The monoisotopic (exact) mass is 325 g/mol. The number of carbonyl (C=O) groups is 1. The van der Waals surface area contributed by atoms with E-state index >= 15 is 0 Å². The van der Waals surface area contributed by atoms with Gasteiger partial charge in [-0.2, -0.15) is 13.2 Å². The van der Waals surface area contributed by atoms with Crippen molar-refractivity contribution in [2.24, 2.45) is 0 Å². The summed E-state index contributed by atoms with van der Waals surface area (Å²) in [5.41, 5.74) is 4.24. The van der Waals surface area contributed by atoms with Crippen molar-refractivity contribution >= 4 is 28.9 Å². The fourth-order valence-corrected chi connectivity index (χ4v) is 1.81. The zero-order valence-corrected chi connectivity index (χ0v) is 11.5. The minimum absolute atomic E-state index is 0.224. The van der Waals surface area contributed by atoms with Crippen LogP contribution in [-0.2, 0) is 0 Å². The molecule has 0 spiro atoms. The third-order valence-electron chi connectivity index (χ3n) is 2.48. The van der Waals surface area contributed by atoms with Gasteiger partial charge in [-0.1, -0.05) is 11.6 Å². The highest BCUT2D eigenvalue weighted by molar-refractivity contribution is 6.34. The number of rotatable bonds is 4. The molecule has 0 aliphatic heterocycles. The van der Waals surface area contributed by atoms with E-state index in [1.807, 2.05) is 0 Å². The highest BCUT2D eigenvalue weighted by Gasteiger charge is 2.31. The number of anilines is 1. The Labute approximate surface area is 122 Å². The Bertz CT molecular complexity index is 578. The first-order valence-electron chi connectivity index (χ1n) is 5.62. The Balaban J connectivity index is 2.96. The topological polar surface area (TPSA) is 98.3 Å². The minimum Gasteiger partial charge on any atom is -0.392 e. The van der Waals surface area contributed by atoms with Crippen LogP contribution in [0.15, 0.2) is 12.1 Å². The molecule has 0 heterocycles. The molecular weight excluding hydrogens is 315 g/mol. The molecule has 1 aromatic carbocycles. The van der Waals surface area contributed by atoms with Crippen molar-refractivity contribution in [1.29, 1.82) is 0 Å². The second kappa shape index (κ2) is 6.17. The van der Waals surface area contributed by atoms with E-state index in [1.165, 1.54) is 6.92 Å². The minimum atomic E-state index is -4.43. The van der Waals surface area contributed by atoms with Gasteiger partial charge in [0, 0.05) is 17.7 Å². The van der Waals surface area contributed by atoms with Gasteiger partial charge in [-0.25, -0.2) is 0 Å². The van der Waals surface area contributed by atoms with Gasteiger partial charge in [0.1, 0.15) is 5.69 Å². The number of nitro benzene ring substituents is 1. The number of carbonyl (C=O) groups excluding carboxylic acids is 1. The summed E-state index contributed by atoms with van der Waals surface area (Å²) in [6.07, 6.45) is -5.65. The molecule has 0 saturated carbocycles. The predicted molar refractivity (Wildman–Crippen MR) is 70.1 cm³/mol. The molecule has 0 fully saturated rings. The number of alkyl halides is 3. The van der Waals surface area contributed by atoms with E-state index in [9.17, 15) is 28.1 Å². The summed E-state index contributed by atoms with van der Waals surface area (Å²) in [7, 11) is 0. The normalized spacial score (nSPS) is 12.8. The molecule has 1 amide bonds. The maximum Gasteiger partial charge on any atom is 0.391 e. The average Bonchev–Trinajstić information content (AvgIpc) is 2.29. The summed E-state index contributed by atoms with van der Waals surface area (Å²) in [4.78, 5) is 21.7. The lowest BCUT2D eigenvalue weighted by Crippen LogP contribution is -2.36. The predicted octanol–water partition coefficient (Wildman–Crippen LogP) is 2.90. The first kappa shape index (κ1) is 17.0. The first-order chi connectivity index (χ1) is 9.51. The summed E-state index contributed by atoms with van der Waals surface area (Å²) in [6, 6.07) is 0.726. The van der Waals surface area contributed by atoms with Crippen LogP contribution in [0.2, 0.25) is 5.02 Å². The molecule has 6 nitrogen and oxygen atoms in total. The lowest BCUT2D eigenvalue weighted by atomic mass is 10.1. The Morgan fingerprint density at radius 3 is 2.57 bits per heavy atom. The molecule has 1 unspecified atom stereocenters. The number of halogens is 4. The quantitative estimate of drug-likeness (QED) is 0.505. The molecule has 0 radical (unpaired) electrons. The van der Waals surface area contributed by atoms with Gasteiger partial charge >= 0.3 is 6.18 Å². The Morgan fingerprint density at radius 1 is 1.52 bits per heavy atom. The van der Waals surface area contributed by atoms with Crippen molar-refractivity contribution in [3.63, 3.8) is 0 Å². The number of amides is 1. The van der Waals surface area contributed by atoms with Crippen molar-refractivity contribution in [3.8, 4) is 0 Å². The van der Waals surface area contributed by atoms with Crippen molar-refractivity contribution in [3.05, 3.63) is 32.8 Å². The van der Waals surface area contributed by atoms with Crippen LogP contribution >= 0.6 is 11.6 Å². The van der Waals surface area contributed by atoms with Crippen LogP contribution in [0.5, 0.6) is 0 Å². The molecular formula is C11H11ClF3N3O3. The number of hydrogen-bond acceptors (Lipinski definition) is 4. The van der Waals surface area contributed by atoms with Gasteiger partial charge in [-0.3, -0.25) is 14.9 Å². The van der Waals surface area contributed by atoms with E-state index in [2.05, 4.69) is 5.32 Å². The second-order valence-electron chi connectivity index (χ2n) is 4.34. The number of benzene rings is 1. The lowest BCUT2D eigenvalue weighted by Gasteiger charge is -2.16. The molecule has 0 aliphatic carbocycles. The van der Waals surface area contributed by atoms with Gasteiger partial charge in [0.05, 0.1) is 16.4 Å². The van der Waals surface area contributed by atoms with Crippen LogP contribution in [-0.4, -0.2) is 23.0 Å². The van der Waals surface area contributed by atoms with E-state index < -0.39 is 35.2 Å².